The summed E-state index contributed by atoms with van der Waals surface area (Å²) in [7, 11) is 0. The summed E-state index contributed by atoms with van der Waals surface area (Å²) in [5.41, 5.74) is 17.2. The first kappa shape index (κ1) is 53.8. The molecule has 0 unspecified atom stereocenters. The molecular weight excluding hydrogens is 1040 g/mol. The van der Waals surface area contributed by atoms with Crippen molar-refractivity contribution in [1.82, 2.24) is 5.32 Å². The standard InChI is InChI=1S/C74H87N3O7/c1-42-36-72-24-21-46-30-49-38-71(41-79)22-6-5-16-59(71)58(40-78)64(49)61(81)34-56(46)57-35-62(84-54-13-2-3-14-54)68(82)66-55(57)15-8-12-52(31-48-32-63(72)73(37-42)39-47-10-9-25-83-69(47)65(48)67(66)73)76-70(75)77-74-23-7-4-11-50(74)20-19-45-18-17-43(29-60(45)74)26-44-27-51(72)33-53(80)28-44/h6,17-18,21-22,24,27-29,32-33,35,42,46-50,52,54,56,59,65,67,69,78-80,82H,2-5,7,9-14,16,19-20,23,25-26,30-31,34,36-41H2,1H3,(H3,75,76,77)/b24-21+/t42-,46+,47-,48+,49-,50+,52+,56+,59+,65-,67-,69+,71+,72+,73+,74+/m1/s1. The van der Waals surface area contributed by atoms with E-state index in [1.807, 2.05) is 6.07 Å². The molecule has 16 atom stereocenters. The van der Waals surface area contributed by atoms with Crippen molar-refractivity contribution < 1.29 is 34.7 Å². The second kappa shape index (κ2) is 20.2. The number of carbonyl (C=O) groups excluding carboxylic acids is 1. The number of aromatic hydroxyl groups is 2. The number of Topliss-reactive ketones (excluding diaryl/α,β-unsaturated/α-hetero) is 1. The number of aliphatic imine (C=N–C) groups is 1. The number of ketones is 1. The fraction of sp³-hybridized carbons (Fsp3) is 0.595. The first-order chi connectivity index (χ1) is 40.9. The maximum Gasteiger partial charge on any atom is 0.189 e. The molecule has 0 aromatic heterocycles. The Balaban J connectivity index is 1.01. The molecule has 14 bridgehead atoms. The van der Waals surface area contributed by atoms with Crippen molar-refractivity contribution in [3.8, 4) is 29.1 Å². The number of nitrogens with zero attached hydrogens (tertiary/aromatic N) is 1. The van der Waals surface area contributed by atoms with E-state index in [0.29, 0.717) is 56.3 Å². The highest BCUT2D eigenvalue weighted by molar-refractivity contribution is 5.98. The minimum atomic E-state index is -0.713. The summed E-state index contributed by atoms with van der Waals surface area (Å²) in [6.45, 7) is 2.89. The second-order valence-corrected chi connectivity index (χ2v) is 29.5. The number of phenolic OH excluding ortho intramolecular Hbond substituents is 2. The number of nitrogens with one attached hydrogen (secondary N) is 1. The minimum absolute atomic E-state index is 0.0410. The SMILES string of the molecule is C[C@H]1C[C@]23C[C@H]4CCCO[C@@H]4[C@@H]4[C@@H]5C=C2[C@@]2(/C=C/[C@H]6C[C@@H]7C[C@]8(CO)C=CCC[C@H]8C(CO)=C7C(=O)C[C@@H]6c6cc(OC7CCCC7)c(O)c(c6C#CC[C@@H](C5)N=C(N)N[C@@]56CCCC[C@H]5CCc5ccc(cc56)Cc5cc(O)cc2c5)[C@@H]43)C1. The quantitative estimate of drug-likeness (QED) is 0.110. The molecule has 7 N–H and O–H groups in total. The Morgan fingerprint density at radius 2 is 1.79 bits per heavy atom. The molecule has 2 aliphatic heterocycles. The van der Waals surface area contributed by atoms with Crippen LogP contribution in [0.25, 0.3) is 0 Å². The van der Waals surface area contributed by atoms with Gasteiger partial charge in [-0.2, -0.15) is 0 Å². The summed E-state index contributed by atoms with van der Waals surface area (Å²) in [4.78, 5) is 21.6. The van der Waals surface area contributed by atoms with Crippen molar-refractivity contribution in [2.45, 2.75) is 196 Å². The summed E-state index contributed by atoms with van der Waals surface area (Å²) >= 11 is 0. The first-order valence-corrected chi connectivity index (χ1v) is 33.2. The summed E-state index contributed by atoms with van der Waals surface area (Å²) < 4.78 is 14.5. The van der Waals surface area contributed by atoms with Crippen LogP contribution < -0.4 is 15.8 Å². The molecule has 440 valence electrons. The van der Waals surface area contributed by atoms with Gasteiger partial charge in [0.25, 0.3) is 0 Å². The van der Waals surface area contributed by atoms with Gasteiger partial charge in [-0.25, -0.2) is 4.99 Å². The number of hydrogen-bond donors (Lipinski definition) is 6. The van der Waals surface area contributed by atoms with Gasteiger partial charge in [0.1, 0.15) is 5.75 Å². The maximum atomic E-state index is 16.0. The topological polar surface area (TPSA) is 167 Å². The van der Waals surface area contributed by atoms with E-state index < -0.39 is 16.2 Å². The molecule has 13 aliphatic rings. The van der Waals surface area contributed by atoms with Crippen molar-refractivity contribution in [2.75, 3.05) is 19.8 Å². The number of fused-ring (bicyclic) bond motifs is 9. The van der Waals surface area contributed by atoms with Crippen LogP contribution in [0.4, 0.5) is 0 Å². The number of aliphatic hydroxyl groups excluding tert-OH is 2. The van der Waals surface area contributed by atoms with Crippen LogP contribution in [0.2, 0.25) is 0 Å². The Bertz CT molecular complexity index is 3450. The van der Waals surface area contributed by atoms with Gasteiger partial charge in [-0.15, -0.1) is 0 Å². The molecule has 0 radical (unpaired) electrons. The van der Waals surface area contributed by atoms with Crippen LogP contribution in [0.3, 0.4) is 0 Å². The molecule has 6 fully saturated rings. The third-order valence-electron chi connectivity index (χ3n) is 25.0. The summed E-state index contributed by atoms with van der Waals surface area (Å²) in [5.74, 6) is 8.98. The number of carbonyl (C=O) groups is 1. The number of aryl methyl sites for hydroxylation is 1. The highest BCUT2D eigenvalue weighted by atomic mass is 16.5. The molecule has 11 aliphatic carbocycles. The summed E-state index contributed by atoms with van der Waals surface area (Å²) in [6, 6.07) is 15.5. The zero-order valence-electron chi connectivity index (χ0n) is 49.4. The Kier molecular flexibility index (Phi) is 13.0. The third kappa shape index (κ3) is 8.18. The lowest BCUT2D eigenvalue weighted by Gasteiger charge is -2.66. The molecule has 16 rings (SSSR count). The zero-order chi connectivity index (χ0) is 56.9. The average Bonchev–Trinajstić information content (AvgIpc) is 1.78. The highest BCUT2D eigenvalue weighted by Crippen LogP contribution is 2.74. The smallest absolute Gasteiger partial charge is 0.189 e. The molecule has 2 spiro atoms. The van der Waals surface area contributed by atoms with Crippen molar-refractivity contribution >= 4 is 11.7 Å². The predicted molar refractivity (Wildman–Crippen MR) is 326 cm³/mol. The molecule has 5 saturated carbocycles. The van der Waals surface area contributed by atoms with Crippen molar-refractivity contribution in [3.05, 3.63) is 134 Å². The van der Waals surface area contributed by atoms with Crippen LogP contribution in [0.5, 0.6) is 17.2 Å². The predicted octanol–water partition coefficient (Wildman–Crippen LogP) is 12.5. The van der Waals surface area contributed by atoms with Crippen LogP contribution in [-0.2, 0) is 33.3 Å². The van der Waals surface area contributed by atoms with Gasteiger partial charge in [0.15, 0.2) is 23.2 Å². The lowest BCUT2D eigenvalue weighted by molar-refractivity contribution is -0.144. The van der Waals surface area contributed by atoms with E-state index in [2.05, 4.69) is 90.9 Å². The van der Waals surface area contributed by atoms with Crippen LogP contribution in [0, 0.1) is 70.0 Å². The van der Waals surface area contributed by atoms with Gasteiger partial charge in [0, 0.05) is 58.3 Å². The molecule has 10 nitrogen and oxygen atoms in total. The van der Waals surface area contributed by atoms with Crippen LogP contribution in [0.1, 0.15) is 198 Å². The van der Waals surface area contributed by atoms with E-state index in [4.69, 9.17) is 20.2 Å². The van der Waals surface area contributed by atoms with E-state index in [0.717, 1.165) is 142 Å². The zero-order valence-corrected chi connectivity index (χ0v) is 49.4. The maximum absolute atomic E-state index is 16.0. The summed E-state index contributed by atoms with van der Waals surface area (Å²) in [5, 5.41) is 53.5. The Hall–Kier alpha value is -5.60. The van der Waals surface area contributed by atoms with Gasteiger partial charge in [0.05, 0.1) is 37.0 Å². The van der Waals surface area contributed by atoms with Crippen LogP contribution >= 0.6 is 0 Å². The van der Waals surface area contributed by atoms with Gasteiger partial charge in [-0.05, 0) is 232 Å². The van der Waals surface area contributed by atoms with Gasteiger partial charge >= 0.3 is 0 Å². The fourth-order valence-corrected chi connectivity index (χ4v) is 22.1. The normalized spacial score (nSPS) is 40.0. The van der Waals surface area contributed by atoms with Gasteiger partial charge in [-0.3, -0.25) is 4.79 Å². The molecule has 3 aromatic carbocycles. The van der Waals surface area contributed by atoms with Crippen LogP contribution in [0.15, 0.2) is 94.6 Å². The van der Waals surface area contributed by atoms with Crippen LogP contribution in [-0.4, -0.2) is 70.2 Å². The number of allylic oxidation sites excluding steroid dienone is 6. The Labute approximate surface area is 496 Å². The number of rotatable bonds is 4. The Morgan fingerprint density at radius 1 is 0.905 bits per heavy atom. The Morgan fingerprint density at radius 3 is 2.65 bits per heavy atom. The molecule has 84 heavy (non-hydrogen) atoms. The monoisotopic (exact) mass is 1130 g/mol. The van der Waals surface area contributed by atoms with Gasteiger partial charge < -0.3 is 41.0 Å². The van der Waals surface area contributed by atoms with E-state index in [-0.39, 0.29) is 114 Å². The molecule has 0 amide bonds. The van der Waals surface area contributed by atoms with Crippen molar-refractivity contribution in [2.24, 2.45) is 68.9 Å². The number of nitrogens with two attached hydrogens (primary N) is 1. The van der Waals surface area contributed by atoms with E-state index in [1.165, 1.54) is 28.7 Å². The van der Waals surface area contributed by atoms with Crippen molar-refractivity contribution in [3.63, 3.8) is 0 Å². The van der Waals surface area contributed by atoms with Gasteiger partial charge in [-0.1, -0.05) is 91.8 Å². The van der Waals surface area contributed by atoms with E-state index >= 15 is 4.79 Å². The van der Waals surface area contributed by atoms with E-state index in [1.54, 1.807) is 0 Å². The molecular formula is C74H87N3O7. The third-order valence-corrected chi connectivity index (χ3v) is 25.0. The first-order valence-electron chi connectivity index (χ1n) is 33.2. The number of hydrogen-bond acceptors (Lipinski definition) is 10. The number of guanidine groups is 1. The number of benzene rings is 3. The summed E-state index contributed by atoms with van der Waals surface area (Å²) in [6.07, 6.45) is 32.3. The average molecular weight is 1130 g/mol. The number of aliphatic hydroxyl groups is 2. The number of phenols is 2. The molecule has 2 heterocycles. The highest BCUT2D eigenvalue weighted by Gasteiger charge is 2.66. The number of ether oxygens (including phenoxy) is 2. The van der Waals surface area contributed by atoms with Crippen molar-refractivity contribution in [1.29, 1.82) is 0 Å². The largest absolute Gasteiger partial charge is 0.508 e. The van der Waals surface area contributed by atoms with Gasteiger partial charge in [0.2, 0.25) is 0 Å². The molecule has 1 saturated heterocycles. The lowest BCUT2D eigenvalue weighted by Crippen LogP contribution is -2.61. The fourth-order valence-electron chi connectivity index (χ4n) is 22.1. The molecule has 3 aromatic rings. The minimum Gasteiger partial charge on any atom is -0.508 e. The lowest BCUT2D eigenvalue weighted by atomic mass is 9.38. The van der Waals surface area contributed by atoms with E-state index in [9.17, 15) is 20.4 Å². The molecule has 10 heteroatoms. The second-order valence-electron chi connectivity index (χ2n) is 29.5.